The third-order valence-corrected chi connectivity index (χ3v) is 5.93. The maximum atomic E-state index is 12.8. The van der Waals surface area contributed by atoms with E-state index in [0.717, 1.165) is 36.4 Å². The standard InChI is InChI=1S/C20H23F3N4O.ClH/c21-20(22,23)17-7-8-27(26-17)16-6-2-5-14(11-16)19(28)25-18-12-3-1-4-13(18)10-15(24)9-12;/h2,5-8,11-13,15,18H,1,3-4,9-10,24H2,(H,25,28);1H. The van der Waals surface area contributed by atoms with Crippen LogP contribution in [0.15, 0.2) is 36.5 Å². The number of nitrogens with zero attached hydrogens (tertiary/aromatic N) is 2. The predicted octanol–water partition coefficient (Wildman–Crippen LogP) is 3.95. The highest BCUT2D eigenvalue weighted by molar-refractivity contribution is 5.95. The van der Waals surface area contributed by atoms with E-state index in [1.165, 1.54) is 12.6 Å². The first-order valence-electron chi connectivity index (χ1n) is 9.61. The van der Waals surface area contributed by atoms with Gasteiger partial charge in [-0.15, -0.1) is 12.4 Å². The third-order valence-electron chi connectivity index (χ3n) is 5.93. The zero-order valence-corrected chi connectivity index (χ0v) is 16.5. The second-order valence-electron chi connectivity index (χ2n) is 7.88. The molecule has 2 aliphatic carbocycles. The summed E-state index contributed by atoms with van der Waals surface area (Å²) in [6.07, 6.45) is 1.91. The van der Waals surface area contributed by atoms with Crippen LogP contribution >= 0.6 is 12.4 Å². The molecule has 9 heteroatoms. The highest BCUT2D eigenvalue weighted by atomic mass is 35.5. The Labute approximate surface area is 173 Å². The van der Waals surface area contributed by atoms with Gasteiger partial charge in [-0.2, -0.15) is 18.3 Å². The zero-order chi connectivity index (χ0) is 19.9. The smallest absolute Gasteiger partial charge is 0.349 e. The molecule has 4 rings (SSSR count). The third kappa shape index (κ3) is 4.59. The summed E-state index contributed by atoms with van der Waals surface area (Å²) in [5.74, 6) is 0.590. The van der Waals surface area contributed by atoms with Gasteiger partial charge in [-0.1, -0.05) is 12.5 Å². The SMILES string of the molecule is Cl.NC1CC2CCCC(C1)C2NC(=O)c1cccc(-n2ccc(C(F)(F)F)n2)c1. The number of rotatable bonds is 3. The Kier molecular flexibility index (Phi) is 6.24. The quantitative estimate of drug-likeness (QED) is 0.777. The minimum atomic E-state index is -4.50. The fraction of sp³-hybridized carbons (Fsp3) is 0.500. The van der Waals surface area contributed by atoms with Crippen LogP contribution in [0, 0.1) is 11.8 Å². The highest BCUT2D eigenvalue weighted by Gasteiger charge is 2.40. The average molecular weight is 429 g/mol. The van der Waals surface area contributed by atoms with Gasteiger partial charge in [-0.25, -0.2) is 4.68 Å². The van der Waals surface area contributed by atoms with Crippen molar-refractivity contribution in [3.05, 3.63) is 47.8 Å². The first-order chi connectivity index (χ1) is 13.3. The molecule has 1 aromatic carbocycles. The van der Waals surface area contributed by atoms with Gasteiger partial charge in [0.25, 0.3) is 5.91 Å². The van der Waals surface area contributed by atoms with Gasteiger partial charge in [0.2, 0.25) is 0 Å². The summed E-state index contributed by atoms with van der Waals surface area (Å²) in [6.45, 7) is 0. The summed E-state index contributed by atoms with van der Waals surface area (Å²) in [5, 5.41) is 6.73. The minimum Gasteiger partial charge on any atom is -0.349 e. The van der Waals surface area contributed by atoms with Gasteiger partial charge in [0.15, 0.2) is 5.69 Å². The molecule has 1 heterocycles. The molecule has 1 amide bonds. The zero-order valence-electron chi connectivity index (χ0n) is 15.7. The Hall–Kier alpha value is -2.06. The molecule has 2 saturated carbocycles. The molecular weight excluding hydrogens is 405 g/mol. The lowest BCUT2D eigenvalue weighted by atomic mass is 9.67. The van der Waals surface area contributed by atoms with Crippen LogP contribution in [0.5, 0.6) is 0 Å². The summed E-state index contributed by atoms with van der Waals surface area (Å²) in [4.78, 5) is 12.8. The number of nitrogens with two attached hydrogens (primary N) is 1. The first kappa shape index (κ1) is 21.6. The van der Waals surface area contributed by atoms with Crippen LogP contribution in [0.1, 0.15) is 48.2 Å². The number of carbonyl (C=O) groups excluding carboxylic acids is 1. The maximum absolute atomic E-state index is 12.8. The fourth-order valence-electron chi connectivity index (χ4n) is 4.67. The van der Waals surface area contributed by atoms with Crippen LogP contribution in [0.2, 0.25) is 0 Å². The summed E-state index contributed by atoms with van der Waals surface area (Å²) >= 11 is 0. The van der Waals surface area contributed by atoms with Crippen LogP contribution in [-0.2, 0) is 6.18 Å². The molecule has 2 bridgehead atoms. The van der Waals surface area contributed by atoms with Crippen molar-refractivity contribution in [2.75, 3.05) is 0 Å². The normalized spacial score (nSPS) is 26.5. The van der Waals surface area contributed by atoms with E-state index < -0.39 is 11.9 Å². The number of nitrogens with one attached hydrogen (secondary N) is 1. The van der Waals surface area contributed by atoms with Crippen LogP contribution in [-0.4, -0.2) is 27.8 Å². The van der Waals surface area contributed by atoms with Crippen molar-refractivity contribution in [3.63, 3.8) is 0 Å². The Balaban J connectivity index is 0.00000240. The van der Waals surface area contributed by atoms with E-state index in [-0.39, 0.29) is 30.4 Å². The van der Waals surface area contributed by atoms with Gasteiger partial charge >= 0.3 is 6.18 Å². The lowest BCUT2D eigenvalue weighted by molar-refractivity contribution is -0.141. The van der Waals surface area contributed by atoms with Crippen molar-refractivity contribution in [1.82, 2.24) is 15.1 Å². The minimum absolute atomic E-state index is 0. The predicted molar refractivity (Wildman–Crippen MR) is 105 cm³/mol. The van der Waals surface area contributed by atoms with E-state index in [1.807, 2.05) is 0 Å². The number of fused-ring (bicyclic) bond motifs is 2. The number of aromatic nitrogens is 2. The lowest BCUT2D eigenvalue weighted by Gasteiger charge is -2.45. The van der Waals surface area contributed by atoms with E-state index in [2.05, 4.69) is 10.4 Å². The Morgan fingerprint density at radius 1 is 1.17 bits per heavy atom. The fourth-order valence-corrected chi connectivity index (χ4v) is 4.67. The molecule has 0 radical (unpaired) electrons. The van der Waals surface area contributed by atoms with Crippen molar-refractivity contribution >= 4 is 18.3 Å². The van der Waals surface area contributed by atoms with Crippen molar-refractivity contribution < 1.29 is 18.0 Å². The van der Waals surface area contributed by atoms with E-state index >= 15 is 0 Å². The van der Waals surface area contributed by atoms with Crippen LogP contribution in [0.3, 0.4) is 0 Å². The Morgan fingerprint density at radius 2 is 1.86 bits per heavy atom. The van der Waals surface area contributed by atoms with Crippen molar-refractivity contribution in [2.45, 2.75) is 50.4 Å². The van der Waals surface area contributed by atoms with Gasteiger partial charge in [0.1, 0.15) is 0 Å². The molecule has 2 aromatic rings. The molecule has 29 heavy (non-hydrogen) atoms. The molecule has 0 aliphatic heterocycles. The van der Waals surface area contributed by atoms with E-state index in [4.69, 9.17) is 5.73 Å². The number of alkyl halides is 3. The molecule has 2 atom stereocenters. The number of amides is 1. The number of hydrogen-bond acceptors (Lipinski definition) is 3. The van der Waals surface area contributed by atoms with E-state index in [0.29, 0.717) is 23.1 Å². The largest absolute Gasteiger partial charge is 0.435 e. The maximum Gasteiger partial charge on any atom is 0.435 e. The number of hydrogen-bond donors (Lipinski definition) is 2. The number of halogens is 4. The summed E-state index contributed by atoms with van der Waals surface area (Å²) in [7, 11) is 0. The molecule has 158 valence electrons. The van der Waals surface area contributed by atoms with Crippen molar-refractivity contribution in [2.24, 2.45) is 17.6 Å². The van der Waals surface area contributed by atoms with Gasteiger partial charge in [-0.3, -0.25) is 4.79 Å². The summed E-state index contributed by atoms with van der Waals surface area (Å²) in [6, 6.07) is 7.74. The van der Waals surface area contributed by atoms with Gasteiger partial charge < -0.3 is 11.1 Å². The molecule has 0 spiro atoms. The first-order valence-corrected chi connectivity index (χ1v) is 9.61. The van der Waals surface area contributed by atoms with Crippen LogP contribution in [0.4, 0.5) is 13.2 Å². The van der Waals surface area contributed by atoms with E-state index in [9.17, 15) is 18.0 Å². The lowest BCUT2D eigenvalue weighted by Crippen LogP contribution is -2.53. The van der Waals surface area contributed by atoms with Crippen LogP contribution in [0.25, 0.3) is 5.69 Å². The van der Waals surface area contributed by atoms with Crippen molar-refractivity contribution in [1.29, 1.82) is 0 Å². The van der Waals surface area contributed by atoms with Gasteiger partial charge in [0, 0.05) is 23.8 Å². The molecule has 2 fully saturated rings. The number of carbonyl (C=O) groups is 1. The molecule has 0 saturated heterocycles. The molecular formula is C20H24ClF3N4O. The van der Waals surface area contributed by atoms with Crippen LogP contribution < -0.4 is 11.1 Å². The molecule has 2 unspecified atom stereocenters. The highest BCUT2D eigenvalue weighted by Crippen LogP contribution is 2.39. The number of benzene rings is 1. The van der Waals surface area contributed by atoms with Gasteiger partial charge in [-0.05, 0) is 61.8 Å². The summed E-state index contributed by atoms with van der Waals surface area (Å²) in [5.41, 5.74) is 6.00. The Bertz CT molecular complexity index is 855. The molecule has 3 N–H and O–H groups in total. The monoisotopic (exact) mass is 428 g/mol. The average Bonchev–Trinajstić information content (AvgIpc) is 3.13. The molecule has 1 aromatic heterocycles. The second-order valence-corrected chi connectivity index (χ2v) is 7.88. The molecule has 5 nitrogen and oxygen atoms in total. The van der Waals surface area contributed by atoms with Gasteiger partial charge in [0.05, 0.1) is 5.69 Å². The topological polar surface area (TPSA) is 72.9 Å². The molecule has 2 aliphatic rings. The van der Waals surface area contributed by atoms with E-state index in [1.54, 1.807) is 24.3 Å². The Morgan fingerprint density at radius 3 is 2.48 bits per heavy atom. The summed E-state index contributed by atoms with van der Waals surface area (Å²) < 4.78 is 39.5. The second kappa shape index (κ2) is 8.36. The van der Waals surface area contributed by atoms with Crippen molar-refractivity contribution in [3.8, 4) is 5.69 Å².